The lowest BCUT2D eigenvalue weighted by molar-refractivity contribution is 0.0948. The fraction of sp³-hybridized carbons (Fsp3) is 0.312. The maximum atomic E-state index is 11.9. The number of nitrogens with zero attached hydrogens (tertiary/aromatic N) is 2. The average Bonchev–Trinajstić information content (AvgIpc) is 2.49. The molecule has 1 amide bonds. The van der Waals surface area contributed by atoms with E-state index in [0.29, 0.717) is 23.2 Å². The number of benzene rings is 1. The average molecular weight is 304 g/mol. The molecule has 0 radical (unpaired) electrons. The van der Waals surface area contributed by atoms with Gasteiger partial charge in [-0.1, -0.05) is 37.6 Å². The number of carbonyl (C=O) groups excluding carboxylic acids is 1. The molecule has 0 saturated carbocycles. The van der Waals surface area contributed by atoms with Crippen molar-refractivity contribution in [2.45, 2.75) is 26.2 Å². The van der Waals surface area contributed by atoms with Gasteiger partial charge in [0.15, 0.2) is 5.69 Å². The third-order valence-electron chi connectivity index (χ3n) is 3.12. The summed E-state index contributed by atoms with van der Waals surface area (Å²) >= 11 is 5.83. The Morgan fingerprint density at radius 2 is 1.86 bits per heavy atom. The van der Waals surface area contributed by atoms with Gasteiger partial charge in [-0.2, -0.15) is 5.10 Å². The second-order valence-corrected chi connectivity index (χ2v) is 5.57. The van der Waals surface area contributed by atoms with Crippen LogP contribution in [-0.4, -0.2) is 22.6 Å². The fourth-order valence-electron chi connectivity index (χ4n) is 1.83. The van der Waals surface area contributed by atoms with Crippen molar-refractivity contribution in [1.82, 2.24) is 15.5 Å². The van der Waals surface area contributed by atoms with Gasteiger partial charge in [0, 0.05) is 11.6 Å². The Morgan fingerprint density at radius 3 is 2.43 bits per heavy atom. The van der Waals surface area contributed by atoms with Gasteiger partial charge in [0.05, 0.1) is 5.69 Å². The minimum Gasteiger partial charge on any atom is -0.350 e. The second-order valence-electron chi connectivity index (χ2n) is 5.13. The molecule has 0 aliphatic rings. The molecule has 21 heavy (non-hydrogen) atoms. The number of amides is 1. The van der Waals surface area contributed by atoms with E-state index in [4.69, 9.17) is 11.6 Å². The molecule has 4 nitrogen and oxygen atoms in total. The molecule has 110 valence electrons. The van der Waals surface area contributed by atoms with Crippen LogP contribution in [0.3, 0.4) is 0 Å². The summed E-state index contributed by atoms with van der Waals surface area (Å²) in [7, 11) is 0. The van der Waals surface area contributed by atoms with Crippen molar-refractivity contribution in [3.05, 3.63) is 58.4 Å². The van der Waals surface area contributed by atoms with Crippen LogP contribution in [0.2, 0.25) is 5.02 Å². The SMILES string of the molecule is CC(C)c1ccc(C(=O)NCCc2ccc(Cl)cc2)nn1. The van der Waals surface area contributed by atoms with E-state index in [1.165, 1.54) is 0 Å². The third-order valence-corrected chi connectivity index (χ3v) is 3.37. The van der Waals surface area contributed by atoms with Crippen molar-refractivity contribution >= 4 is 17.5 Å². The number of carbonyl (C=O) groups is 1. The first-order chi connectivity index (χ1) is 10.1. The van der Waals surface area contributed by atoms with Gasteiger partial charge in [-0.05, 0) is 42.2 Å². The first-order valence-electron chi connectivity index (χ1n) is 6.92. The van der Waals surface area contributed by atoms with Crippen LogP contribution < -0.4 is 5.32 Å². The Balaban J connectivity index is 1.85. The Hall–Kier alpha value is -1.94. The molecule has 0 unspecified atom stereocenters. The second kappa shape index (κ2) is 7.18. The normalized spacial score (nSPS) is 10.7. The molecule has 0 fully saturated rings. The van der Waals surface area contributed by atoms with Gasteiger partial charge in [0.2, 0.25) is 0 Å². The summed E-state index contributed by atoms with van der Waals surface area (Å²) in [5.74, 6) is 0.103. The third kappa shape index (κ3) is 4.53. The lowest BCUT2D eigenvalue weighted by Crippen LogP contribution is -2.26. The predicted octanol–water partition coefficient (Wildman–Crippen LogP) is 3.23. The highest BCUT2D eigenvalue weighted by Gasteiger charge is 2.08. The molecular weight excluding hydrogens is 286 g/mol. The highest BCUT2D eigenvalue weighted by Crippen LogP contribution is 2.10. The van der Waals surface area contributed by atoms with Crippen molar-refractivity contribution < 1.29 is 4.79 Å². The summed E-state index contributed by atoms with van der Waals surface area (Å²) in [6.07, 6.45) is 0.750. The molecular formula is C16H18ClN3O. The zero-order valence-corrected chi connectivity index (χ0v) is 12.9. The standard InChI is InChI=1S/C16H18ClN3O/c1-11(2)14-7-8-15(20-19-14)16(21)18-10-9-12-3-5-13(17)6-4-12/h3-8,11H,9-10H2,1-2H3,(H,18,21). The van der Waals surface area contributed by atoms with E-state index in [-0.39, 0.29) is 5.91 Å². The van der Waals surface area contributed by atoms with E-state index < -0.39 is 0 Å². The smallest absolute Gasteiger partial charge is 0.271 e. The van der Waals surface area contributed by atoms with E-state index >= 15 is 0 Å². The van der Waals surface area contributed by atoms with Gasteiger partial charge >= 0.3 is 0 Å². The van der Waals surface area contributed by atoms with Crippen molar-refractivity contribution in [3.63, 3.8) is 0 Å². The number of hydrogen-bond acceptors (Lipinski definition) is 3. The molecule has 0 atom stereocenters. The monoisotopic (exact) mass is 303 g/mol. The van der Waals surface area contributed by atoms with Crippen LogP contribution in [0.15, 0.2) is 36.4 Å². The topological polar surface area (TPSA) is 54.9 Å². The summed E-state index contributed by atoms with van der Waals surface area (Å²) in [6, 6.07) is 11.1. The molecule has 5 heteroatoms. The molecule has 0 spiro atoms. The van der Waals surface area contributed by atoms with E-state index in [1.807, 2.05) is 44.2 Å². The Morgan fingerprint density at radius 1 is 1.14 bits per heavy atom. The molecule has 0 aliphatic carbocycles. The Labute approximate surface area is 129 Å². The molecule has 0 bridgehead atoms. The van der Waals surface area contributed by atoms with Crippen LogP contribution in [0.1, 0.15) is 41.5 Å². The van der Waals surface area contributed by atoms with Crippen molar-refractivity contribution in [2.75, 3.05) is 6.54 Å². The van der Waals surface area contributed by atoms with Gasteiger partial charge in [-0.3, -0.25) is 4.79 Å². The molecule has 2 rings (SSSR count). The molecule has 2 aromatic rings. The van der Waals surface area contributed by atoms with Crippen LogP contribution in [0, 0.1) is 0 Å². The lowest BCUT2D eigenvalue weighted by Gasteiger charge is -2.06. The van der Waals surface area contributed by atoms with Gasteiger partial charge in [-0.15, -0.1) is 5.10 Å². The van der Waals surface area contributed by atoms with Crippen molar-refractivity contribution in [3.8, 4) is 0 Å². The number of aromatic nitrogens is 2. The Bertz CT molecular complexity index is 594. The van der Waals surface area contributed by atoms with Crippen LogP contribution in [0.4, 0.5) is 0 Å². The largest absolute Gasteiger partial charge is 0.350 e. The number of hydrogen-bond donors (Lipinski definition) is 1. The Kier molecular flexibility index (Phi) is 5.28. The summed E-state index contributed by atoms with van der Waals surface area (Å²) in [5, 5.41) is 11.6. The van der Waals surface area contributed by atoms with Crippen molar-refractivity contribution in [2.24, 2.45) is 0 Å². The predicted molar refractivity (Wildman–Crippen MR) is 83.6 cm³/mol. The first kappa shape index (κ1) is 15.4. The van der Waals surface area contributed by atoms with E-state index in [0.717, 1.165) is 17.7 Å². The highest BCUT2D eigenvalue weighted by molar-refractivity contribution is 6.30. The molecule has 1 heterocycles. The number of rotatable bonds is 5. The zero-order valence-electron chi connectivity index (χ0n) is 12.1. The summed E-state index contributed by atoms with van der Waals surface area (Å²) in [6.45, 7) is 4.62. The molecule has 0 saturated heterocycles. The highest BCUT2D eigenvalue weighted by atomic mass is 35.5. The van der Waals surface area contributed by atoms with E-state index in [9.17, 15) is 4.79 Å². The minimum atomic E-state index is -0.202. The number of nitrogens with one attached hydrogen (secondary N) is 1. The maximum absolute atomic E-state index is 11.9. The first-order valence-corrected chi connectivity index (χ1v) is 7.30. The zero-order chi connectivity index (χ0) is 15.2. The molecule has 1 N–H and O–H groups in total. The van der Waals surface area contributed by atoms with E-state index in [2.05, 4.69) is 15.5 Å². The quantitative estimate of drug-likeness (QED) is 0.922. The fourth-order valence-corrected chi connectivity index (χ4v) is 1.96. The van der Waals surface area contributed by atoms with Crippen LogP contribution in [0.5, 0.6) is 0 Å². The van der Waals surface area contributed by atoms with Crippen LogP contribution >= 0.6 is 11.6 Å². The molecule has 1 aromatic heterocycles. The van der Waals surface area contributed by atoms with Gasteiger partial charge < -0.3 is 5.32 Å². The van der Waals surface area contributed by atoms with Gasteiger partial charge in [0.1, 0.15) is 0 Å². The maximum Gasteiger partial charge on any atom is 0.271 e. The van der Waals surface area contributed by atoms with Crippen LogP contribution in [0.25, 0.3) is 0 Å². The van der Waals surface area contributed by atoms with Gasteiger partial charge in [0.25, 0.3) is 5.91 Å². The molecule has 0 aliphatic heterocycles. The lowest BCUT2D eigenvalue weighted by atomic mass is 10.1. The summed E-state index contributed by atoms with van der Waals surface area (Å²) < 4.78 is 0. The van der Waals surface area contributed by atoms with E-state index in [1.54, 1.807) is 6.07 Å². The summed E-state index contributed by atoms with van der Waals surface area (Å²) in [4.78, 5) is 11.9. The van der Waals surface area contributed by atoms with Crippen LogP contribution in [-0.2, 0) is 6.42 Å². The van der Waals surface area contributed by atoms with Crippen molar-refractivity contribution in [1.29, 1.82) is 0 Å². The summed E-state index contributed by atoms with van der Waals surface area (Å²) in [5.41, 5.74) is 2.35. The minimum absolute atomic E-state index is 0.202. The van der Waals surface area contributed by atoms with Gasteiger partial charge in [-0.25, -0.2) is 0 Å². The molecule has 1 aromatic carbocycles. The number of halogens is 1.